The van der Waals surface area contributed by atoms with Gasteiger partial charge in [0.05, 0.1) is 11.3 Å². The number of carbonyl (C=O) groups excluding carboxylic acids is 1. The summed E-state index contributed by atoms with van der Waals surface area (Å²) in [6.45, 7) is 4.06. The molecule has 110 valence electrons. The molecule has 0 aliphatic rings. The van der Waals surface area contributed by atoms with Crippen molar-refractivity contribution in [2.45, 2.75) is 39.2 Å². The summed E-state index contributed by atoms with van der Waals surface area (Å²) >= 11 is 3.26. The van der Waals surface area contributed by atoms with Gasteiger partial charge < -0.3 is 15.7 Å². The van der Waals surface area contributed by atoms with Crippen molar-refractivity contribution >= 4 is 33.6 Å². The summed E-state index contributed by atoms with van der Waals surface area (Å²) in [4.78, 5) is 23.0. The van der Waals surface area contributed by atoms with Crippen molar-refractivity contribution in [2.75, 3.05) is 5.32 Å². The Hall–Kier alpha value is -1.56. The Morgan fingerprint density at radius 2 is 2.05 bits per heavy atom. The van der Waals surface area contributed by atoms with Gasteiger partial charge >= 0.3 is 12.0 Å². The standard InChI is InChI=1S/C14H19BrN2O3/c1-3-5-10(4-2)16-14(20)17-12-8-9(15)6-7-11(12)13(18)19/h6-8,10H,3-5H2,1-2H3,(H,18,19)(H2,16,17,20). The number of nitrogens with one attached hydrogen (secondary N) is 2. The Bertz CT molecular complexity index is 491. The summed E-state index contributed by atoms with van der Waals surface area (Å²) in [5.74, 6) is -1.08. The van der Waals surface area contributed by atoms with Crippen molar-refractivity contribution in [3.8, 4) is 0 Å². The van der Waals surface area contributed by atoms with Gasteiger partial charge in [0.15, 0.2) is 0 Å². The van der Waals surface area contributed by atoms with Crippen LogP contribution < -0.4 is 10.6 Å². The van der Waals surface area contributed by atoms with Crippen LogP contribution in [0.5, 0.6) is 0 Å². The van der Waals surface area contributed by atoms with Gasteiger partial charge in [-0.1, -0.05) is 36.2 Å². The smallest absolute Gasteiger partial charge is 0.337 e. The molecule has 0 heterocycles. The number of urea groups is 1. The molecule has 1 atom stereocenters. The number of hydrogen-bond donors (Lipinski definition) is 3. The van der Waals surface area contributed by atoms with E-state index >= 15 is 0 Å². The highest BCUT2D eigenvalue weighted by Gasteiger charge is 2.14. The second kappa shape index (κ2) is 7.89. The lowest BCUT2D eigenvalue weighted by atomic mass is 10.1. The Morgan fingerprint density at radius 1 is 1.35 bits per heavy atom. The maximum absolute atomic E-state index is 11.9. The van der Waals surface area contributed by atoms with Crippen LogP contribution >= 0.6 is 15.9 Å². The number of halogens is 1. The molecule has 0 bridgehead atoms. The van der Waals surface area contributed by atoms with Crippen molar-refractivity contribution in [2.24, 2.45) is 0 Å². The van der Waals surface area contributed by atoms with Crippen LogP contribution in [0.1, 0.15) is 43.5 Å². The molecule has 0 aliphatic heterocycles. The van der Waals surface area contributed by atoms with Crippen molar-refractivity contribution in [3.63, 3.8) is 0 Å². The van der Waals surface area contributed by atoms with Crippen LogP contribution in [0.3, 0.4) is 0 Å². The average molecular weight is 343 g/mol. The first-order valence-electron chi connectivity index (χ1n) is 6.58. The van der Waals surface area contributed by atoms with Crippen molar-refractivity contribution in [1.82, 2.24) is 5.32 Å². The van der Waals surface area contributed by atoms with E-state index in [2.05, 4.69) is 33.5 Å². The summed E-state index contributed by atoms with van der Waals surface area (Å²) in [6, 6.07) is 4.36. The summed E-state index contributed by atoms with van der Waals surface area (Å²) in [6.07, 6.45) is 2.72. The molecule has 1 aromatic rings. The lowest BCUT2D eigenvalue weighted by Crippen LogP contribution is -2.37. The molecule has 1 aromatic carbocycles. The van der Waals surface area contributed by atoms with Gasteiger partial charge in [0, 0.05) is 10.5 Å². The van der Waals surface area contributed by atoms with E-state index < -0.39 is 5.97 Å². The zero-order chi connectivity index (χ0) is 15.1. The molecule has 0 saturated carbocycles. The van der Waals surface area contributed by atoms with Crippen LogP contribution in [-0.4, -0.2) is 23.1 Å². The summed E-state index contributed by atoms with van der Waals surface area (Å²) < 4.78 is 0.707. The van der Waals surface area contributed by atoms with Crippen molar-refractivity contribution in [1.29, 1.82) is 0 Å². The molecule has 1 unspecified atom stereocenters. The number of hydrogen-bond acceptors (Lipinski definition) is 2. The number of carbonyl (C=O) groups is 2. The quantitative estimate of drug-likeness (QED) is 0.734. The lowest BCUT2D eigenvalue weighted by molar-refractivity contribution is 0.0698. The third kappa shape index (κ3) is 4.85. The summed E-state index contributed by atoms with van der Waals surface area (Å²) in [7, 11) is 0. The normalized spacial score (nSPS) is 11.8. The van der Waals surface area contributed by atoms with Gasteiger partial charge in [-0.3, -0.25) is 0 Å². The van der Waals surface area contributed by atoms with E-state index in [1.165, 1.54) is 6.07 Å². The zero-order valence-electron chi connectivity index (χ0n) is 11.6. The molecular formula is C14H19BrN2O3. The van der Waals surface area contributed by atoms with Gasteiger partial charge in [-0.2, -0.15) is 0 Å². The molecule has 2 amide bonds. The number of rotatable bonds is 6. The van der Waals surface area contributed by atoms with Gasteiger partial charge in [-0.25, -0.2) is 9.59 Å². The van der Waals surface area contributed by atoms with Crippen LogP contribution in [0.4, 0.5) is 10.5 Å². The Morgan fingerprint density at radius 3 is 2.60 bits per heavy atom. The lowest BCUT2D eigenvalue weighted by Gasteiger charge is -2.17. The third-order valence-corrected chi connectivity index (χ3v) is 3.42. The molecule has 6 heteroatoms. The van der Waals surface area contributed by atoms with Crippen molar-refractivity contribution < 1.29 is 14.7 Å². The van der Waals surface area contributed by atoms with Gasteiger partial charge in [0.2, 0.25) is 0 Å². The number of carboxylic acids is 1. The molecule has 0 spiro atoms. The second-order valence-corrected chi connectivity index (χ2v) is 5.40. The van der Waals surface area contributed by atoms with Crippen LogP contribution in [0.25, 0.3) is 0 Å². The molecule has 3 N–H and O–H groups in total. The molecular weight excluding hydrogens is 324 g/mol. The van der Waals surface area contributed by atoms with Crippen LogP contribution in [0, 0.1) is 0 Å². The Kier molecular flexibility index (Phi) is 6.51. The number of anilines is 1. The first-order valence-corrected chi connectivity index (χ1v) is 7.37. The van der Waals surface area contributed by atoms with E-state index in [1.807, 2.05) is 6.92 Å². The highest BCUT2D eigenvalue weighted by molar-refractivity contribution is 9.10. The molecule has 5 nitrogen and oxygen atoms in total. The zero-order valence-corrected chi connectivity index (χ0v) is 13.2. The van der Waals surface area contributed by atoms with Gasteiger partial charge in [-0.05, 0) is 31.0 Å². The predicted molar refractivity (Wildman–Crippen MR) is 82.2 cm³/mol. The summed E-state index contributed by atoms with van der Waals surface area (Å²) in [5.41, 5.74) is 0.336. The molecule has 0 fully saturated rings. The van der Waals surface area contributed by atoms with E-state index in [9.17, 15) is 9.59 Å². The maximum atomic E-state index is 11.9. The number of carboxylic acid groups (broad SMARTS) is 1. The monoisotopic (exact) mass is 342 g/mol. The molecule has 0 saturated heterocycles. The maximum Gasteiger partial charge on any atom is 0.337 e. The average Bonchev–Trinajstić information content (AvgIpc) is 2.37. The molecule has 1 rings (SSSR count). The van der Waals surface area contributed by atoms with Crippen LogP contribution in [0.15, 0.2) is 22.7 Å². The van der Waals surface area contributed by atoms with E-state index in [1.54, 1.807) is 12.1 Å². The fraction of sp³-hybridized carbons (Fsp3) is 0.429. The van der Waals surface area contributed by atoms with Crippen LogP contribution in [-0.2, 0) is 0 Å². The van der Waals surface area contributed by atoms with E-state index in [0.717, 1.165) is 19.3 Å². The van der Waals surface area contributed by atoms with Crippen molar-refractivity contribution in [3.05, 3.63) is 28.2 Å². The molecule has 0 radical (unpaired) electrons. The minimum atomic E-state index is -1.08. The van der Waals surface area contributed by atoms with Gasteiger partial charge in [0.25, 0.3) is 0 Å². The molecule has 20 heavy (non-hydrogen) atoms. The highest BCUT2D eigenvalue weighted by Crippen LogP contribution is 2.21. The molecule has 0 aliphatic carbocycles. The van der Waals surface area contributed by atoms with E-state index in [-0.39, 0.29) is 23.3 Å². The second-order valence-electron chi connectivity index (χ2n) is 4.49. The summed E-state index contributed by atoms with van der Waals surface area (Å²) in [5, 5.41) is 14.5. The van der Waals surface area contributed by atoms with Gasteiger partial charge in [-0.15, -0.1) is 0 Å². The van der Waals surface area contributed by atoms with Crippen LogP contribution in [0.2, 0.25) is 0 Å². The SMILES string of the molecule is CCCC(CC)NC(=O)Nc1cc(Br)ccc1C(=O)O. The number of benzene rings is 1. The fourth-order valence-electron chi connectivity index (χ4n) is 1.88. The van der Waals surface area contributed by atoms with E-state index in [0.29, 0.717) is 4.47 Å². The Balaban J connectivity index is 2.79. The third-order valence-electron chi connectivity index (χ3n) is 2.93. The predicted octanol–water partition coefficient (Wildman–Crippen LogP) is 3.85. The topological polar surface area (TPSA) is 78.4 Å². The Labute approximate surface area is 126 Å². The van der Waals surface area contributed by atoms with Gasteiger partial charge in [0.1, 0.15) is 0 Å². The minimum absolute atomic E-state index is 0.0619. The first-order chi connectivity index (χ1) is 9.47. The minimum Gasteiger partial charge on any atom is -0.478 e. The largest absolute Gasteiger partial charge is 0.478 e. The fourth-order valence-corrected chi connectivity index (χ4v) is 2.24. The number of amides is 2. The molecule has 0 aromatic heterocycles. The first kappa shape index (κ1) is 16.5. The number of aromatic carboxylic acids is 1. The van der Waals surface area contributed by atoms with E-state index in [4.69, 9.17) is 5.11 Å². The highest BCUT2D eigenvalue weighted by atomic mass is 79.9.